The zero-order valence-corrected chi connectivity index (χ0v) is 27.9. The van der Waals surface area contributed by atoms with Crippen molar-refractivity contribution in [2.24, 2.45) is 0 Å². The summed E-state index contributed by atoms with van der Waals surface area (Å²) >= 11 is -5.51. The fourth-order valence-corrected chi connectivity index (χ4v) is 19.1. The predicted molar refractivity (Wildman–Crippen MR) is 167 cm³/mol. The quantitative estimate of drug-likeness (QED) is 0.199. The minimum absolute atomic E-state index is 0.274. The van der Waals surface area contributed by atoms with Gasteiger partial charge in [-0.15, -0.1) is 0 Å². The van der Waals surface area contributed by atoms with Crippen LogP contribution in [0.15, 0.2) is 66.7 Å². The van der Waals surface area contributed by atoms with Crippen molar-refractivity contribution < 1.29 is 14.4 Å². The molecule has 4 heteroatoms. The molecule has 4 aromatic carbocycles. The van der Waals surface area contributed by atoms with Crippen molar-refractivity contribution in [1.82, 2.24) is 0 Å². The Morgan fingerprint density at radius 1 is 0.425 bits per heavy atom. The first-order valence-corrected chi connectivity index (χ1v) is 19.4. The van der Waals surface area contributed by atoms with Crippen molar-refractivity contribution in [2.45, 2.75) is 62.3 Å². The maximum absolute atomic E-state index is 15.3. The Hall–Kier alpha value is -3.31. The molecule has 0 N–H and O–H groups in total. The molecule has 4 aromatic rings. The molecule has 40 heavy (non-hydrogen) atoms. The fraction of sp³-hybridized carbons (Fsp3) is 0.250. The van der Waals surface area contributed by atoms with Crippen molar-refractivity contribution in [3.8, 4) is 0 Å². The van der Waals surface area contributed by atoms with Crippen LogP contribution in [-0.4, -0.2) is 29.8 Å². The van der Waals surface area contributed by atoms with Gasteiger partial charge in [-0.3, -0.25) is 0 Å². The number of carbonyl (C=O) groups is 3. The van der Waals surface area contributed by atoms with E-state index in [0.717, 1.165) is 50.1 Å². The number of aryl methyl sites for hydroxylation is 9. The molecule has 0 heterocycles. The number of carbonyl (C=O) groups excluding carboxylic acids is 3. The summed E-state index contributed by atoms with van der Waals surface area (Å²) in [6.07, 6.45) is 0. The molecule has 0 aromatic heterocycles. The second-order valence-electron chi connectivity index (χ2n) is 11.4. The number of hydrogen-bond acceptors (Lipinski definition) is 3. The average molecular weight is 637 g/mol. The Morgan fingerprint density at radius 2 is 0.675 bits per heavy atom. The topological polar surface area (TPSA) is 51.2 Å². The fourth-order valence-electron chi connectivity index (χ4n) is 6.57. The first kappa shape index (κ1) is 29.7. The van der Waals surface area contributed by atoms with Gasteiger partial charge in [0.2, 0.25) is 0 Å². The third kappa shape index (κ3) is 5.01. The molecule has 3 nitrogen and oxygen atoms in total. The zero-order chi connectivity index (χ0) is 29.5. The van der Waals surface area contributed by atoms with Crippen LogP contribution in [0.25, 0.3) is 0 Å². The molecule has 204 valence electrons. The Balaban J connectivity index is 2.21. The summed E-state index contributed by atoms with van der Waals surface area (Å²) in [6, 6.07) is 21.1. The monoisotopic (exact) mass is 638 g/mol. The molecule has 0 bridgehead atoms. The van der Waals surface area contributed by atoms with Crippen molar-refractivity contribution >= 4 is 33.4 Å². The maximum atomic E-state index is 15.3. The van der Waals surface area contributed by atoms with Crippen LogP contribution in [0.4, 0.5) is 0 Å². The molecular weight excluding hydrogens is 599 g/mol. The van der Waals surface area contributed by atoms with Crippen LogP contribution in [0.3, 0.4) is 0 Å². The van der Waals surface area contributed by atoms with Gasteiger partial charge in [0.1, 0.15) is 0 Å². The van der Waals surface area contributed by atoms with Crippen molar-refractivity contribution in [2.75, 3.05) is 0 Å². The van der Waals surface area contributed by atoms with E-state index in [0.29, 0.717) is 20.3 Å². The van der Waals surface area contributed by atoms with E-state index in [9.17, 15) is 0 Å². The molecule has 0 aliphatic rings. The van der Waals surface area contributed by atoms with Crippen LogP contribution < -0.4 is 3.58 Å². The third-order valence-corrected chi connectivity index (χ3v) is 19.3. The molecule has 0 unspecified atom stereocenters. The molecule has 0 spiro atoms. The van der Waals surface area contributed by atoms with Crippen molar-refractivity contribution in [3.63, 3.8) is 0 Å². The van der Waals surface area contributed by atoms with Gasteiger partial charge in [-0.05, 0) is 0 Å². The average Bonchev–Trinajstić information content (AvgIpc) is 2.83. The second kappa shape index (κ2) is 11.3. The van der Waals surface area contributed by atoms with E-state index in [1.165, 1.54) is 0 Å². The second-order valence-corrected chi connectivity index (χ2v) is 21.2. The zero-order valence-electron chi connectivity index (χ0n) is 25.1. The van der Waals surface area contributed by atoms with E-state index in [1.54, 1.807) is 0 Å². The van der Waals surface area contributed by atoms with E-state index < -0.39 is 18.4 Å². The molecule has 0 radical (unpaired) electrons. The molecule has 0 saturated heterocycles. The van der Waals surface area contributed by atoms with Crippen molar-refractivity contribution in [3.05, 3.63) is 133 Å². The van der Waals surface area contributed by atoms with Crippen LogP contribution in [0, 0.1) is 62.3 Å². The molecular formula is C36H38O3Sn. The van der Waals surface area contributed by atoms with Gasteiger partial charge in [-0.25, -0.2) is 0 Å². The van der Waals surface area contributed by atoms with E-state index in [1.807, 2.05) is 129 Å². The van der Waals surface area contributed by atoms with Gasteiger partial charge < -0.3 is 0 Å². The molecule has 4 rings (SSSR count). The molecule has 0 atom stereocenters. The SMILES string of the molecule is Cc1cc(C)c([C](=O)[Sn]([C](=O)c2c(C)cc(C)cc2C)([C](=O)c2c(C)cc(C)cc2C)[c]2ccccc2)c(C)c1. The summed E-state index contributed by atoms with van der Waals surface area (Å²) in [5.74, 6) is 0. The van der Waals surface area contributed by atoms with Crippen LogP contribution in [0.1, 0.15) is 81.1 Å². The Kier molecular flexibility index (Phi) is 8.37. The molecule has 0 aliphatic heterocycles. The Morgan fingerprint density at radius 3 is 0.925 bits per heavy atom. The molecule has 0 fully saturated rings. The molecule has 0 amide bonds. The van der Waals surface area contributed by atoms with Gasteiger partial charge in [0.15, 0.2) is 0 Å². The van der Waals surface area contributed by atoms with Gasteiger partial charge in [0.25, 0.3) is 0 Å². The van der Waals surface area contributed by atoms with E-state index in [4.69, 9.17) is 0 Å². The van der Waals surface area contributed by atoms with Gasteiger partial charge in [0.05, 0.1) is 0 Å². The van der Waals surface area contributed by atoms with E-state index >= 15 is 14.4 Å². The first-order valence-electron chi connectivity index (χ1n) is 13.7. The van der Waals surface area contributed by atoms with Crippen LogP contribution in [0.2, 0.25) is 0 Å². The summed E-state index contributed by atoms with van der Waals surface area (Å²) in [6.45, 7) is 17.5. The van der Waals surface area contributed by atoms with Crippen molar-refractivity contribution in [1.29, 1.82) is 0 Å². The first-order chi connectivity index (χ1) is 18.8. The van der Waals surface area contributed by atoms with E-state index in [-0.39, 0.29) is 11.4 Å². The summed E-state index contributed by atoms with van der Waals surface area (Å²) in [5, 5.41) is 0. The van der Waals surface area contributed by atoms with Gasteiger partial charge >= 0.3 is 244 Å². The van der Waals surface area contributed by atoms with Gasteiger partial charge in [-0.2, -0.15) is 0 Å². The standard InChI is InChI=1S/3C10H11O.C6H5.Sn/c3*1-7-4-8(2)10(6-11)9(3)5-7;1-2-4-6-5-3-1;/h3*4-5H,1-3H3;1-5H;. The van der Waals surface area contributed by atoms with Crippen LogP contribution in [-0.2, 0) is 0 Å². The summed E-state index contributed by atoms with van der Waals surface area (Å²) in [7, 11) is 0. The summed E-state index contributed by atoms with van der Waals surface area (Å²) < 4.78 is -0.229. The van der Waals surface area contributed by atoms with Gasteiger partial charge in [-0.1, -0.05) is 0 Å². The van der Waals surface area contributed by atoms with E-state index in [2.05, 4.69) is 0 Å². The number of benzene rings is 4. The van der Waals surface area contributed by atoms with Crippen LogP contribution in [0.5, 0.6) is 0 Å². The van der Waals surface area contributed by atoms with Crippen LogP contribution >= 0.6 is 0 Å². The summed E-state index contributed by atoms with van der Waals surface area (Å²) in [4.78, 5) is 45.8. The van der Waals surface area contributed by atoms with Gasteiger partial charge in [0, 0.05) is 0 Å². The predicted octanol–water partition coefficient (Wildman–Crippen LogP) is 7.38. The molecule has 0 saturated carbocycles. The molecule has 0 aliphatic carbocycles. The summed E-state index contributed by atoms with van der Waals surface area (Å²) in [5.41, 5.74) is 9.46. The Bertz CT molecular complexity index is 1440. The normalized spacial score (nSPS) is 11.4. The third-order valence-electron chi connectivity index (χ3n) is 7.94. The Labute approximate surface area is 242 Å². The minimum atomic E-state index is -5.51. The number of rotatable bonds is 7. The number of hydrogen-bond donors (Lipinski definition) is 0.